The highest BCUT2D eigenvalue weighted by Crippen LogP contribution is 2.43. The minimum Gasteiger partial charge on any atom is -0.495 e. The molecule has 0 atom stereocenters. The zero-order chi connectivity index (χ0) is 22.8. The standard InChI is InChI=1S/C23H25N5O4S/c1-14-11-18(29-2)21(23(25-14)30-3)33-27-22-19-17(32-26-22)12-15(13-28-9-6-8-24-28)16-7-4-5-10-31-20(16)19/h6,8-9,11-12H,4-5,7,10,13H2,1-3H3,(H,26,27). The smallest absolute Gasteiger partial charge is 0.233 e. The molecule has 0 unspecified atom stereocenters. The molecule has 4 aromatic rings. The second-order valence-corrected chi connectivity index (χ2v) is 8.58. The van der Waals surface area contributed by atoms with E-state index in [1.807, 2.05) is 36.0 Å². The van der Waals surface area contributed by atoms with Gasteiger partial charge in [0.1, 0.15) is 21.8 Å². The second kappa shape index (κ2) is 9.22. The van der Waals surface area contributed by atoms with E-state index in [4.69, 9.17) is 18.7 Å². The number of nitrogens with zero attached hydrogens (tertiary/aromatic N) is 4. The summed E-state index contributed by atoms with van der Waals surface area (Å²) in [5.74, 6) is 2.57. The molecular weight excluding hydrogens is 442 g/mol. The lowest BCUT2D eigenvalue weighted by Gasteiger charge is -2.15. The lowest BCUT2D eigenvalue weighted by Crippen LogP contribution is -2.05. The van der Waals surface area contributed by atoms with Crippen LogP contribution in [0.4, 0.5) is 5.82 Å². The number of fused-ring (bicyclic) bond motifs is 3. The zero-order valence-corrected chi connectivity index (χ0v) is 19.6. The van der Waals surface area contributed by atoms with Crippen LogP contribution in [-0.2, 0) is 13.0 Å². The van der Waals surface area contributed by atoms with Crippen LogP contribution in [0.3, 0.4) is 0 Å². The first-order valence-corrected chi connectivity index (χ1v) is 11.6. The fourth-order valence-corrected chi connectivity index (χ4v) is 4.84. The van der Waals surface area contributed by atoms with Crippen molar-refractivity contribution in [2.75, 3.05) is 25.5 Å². The zero-order valence-electron chi connectivity index (χ0n) is 18.8. The van der Waals surface area contributed by atoms with E-state index in [1.54, 1.807) is 20.4 Å². The number of aryl methyl sites for hydroxylation is 1. The van der Waals surface area contributed by atoms with E-state index in [-0.39, 0.29) is 0 Å². The van der Waals surface area contributed by atoms with E-state index in [9.17, 15) is 0 Å². The van der Waals surface area contributed by atoms with Crippen molar-refractivity contribution < 1.29 is 18.7 Å². The summed E-state index contributed by atoms with van der Waals surface area (Å²) in [5, 5.41) is 9.49. The van der Waals surface area contributed by atoms with Crippen LogP contribution < -0.4 is 18.9 Å². The Bertz CT molecular complexity index is 1250. The predicted molar refractivity (Wildman–Crippen MR) is 125 cm³/mol. The number of methoxy groups -OCH3 is 2. The molecule has 10 heteroatoms. The molecule has 3 aromatic heterocycles. The molecule has 9 nitrogen and oxygen atoms in total. The molecule has 1 N–H and O–H groups in total. The third-order valence-corrected chi connectivity index (χ3v) is 6.45. The minimum atomic E-state index is 0.480. The molecule has 1 aliphatic heterocycles. The molecular formula is C23H25N5O4S. The summed E-state index contributed by atoms with van der Waals surface area (Å²) in [6.45, 7) is 3.20. The van der Waals surface area contributed by atoms with Gasteiger partial charge in [-0.1, -0.05) is 5.16 Å². The van der Waals surface area contributed by atoms with Gasteiger partial charge in [0.05, 0.1) is 27.4 Å². The summed E-state index contributed by atoms with van der Waals surface area (Å²) >= 11 is 1.31. The van der Waals surface area contributed by atoms with Crippen LogP contribution in [0.25, 0.3) is 11.0 Å². The first kappa shape index (κ1) is 21.4. The van der Waals surface area contributed by atoms with Crippen molar-refractivity contribution in [2.45, 2.75) is 37.6 Å². The number of hydrogen-bond donors (Lipinski definition) is 1. The average molecular weight is 468 g/mol. The molecule has 0 spiro atoms. The van der Waals surface area contributed by atoms with Crippen molar-refractivity contribution in [3.63, 3.8) is 0 Å². The van der Waals surface area contributed by atoms with Gasteiger partial charge < -0.3 is 23.5 Å². The molecule has 0 bridgehead atoms. The first-order chi connectivity index (χ1) is 16.2. The number of nitrogens with one attached hydrogen (secondary N) is 1. The Labute approximate surface area is 195 Å². The second-order valence-electron chi connectivity index (χ2n) is 7.77. The van der Waals surface area contributed by atoms with Gasteiger partial charge in [-0.3, -0.25) is 4.68 Å². The van der Waals surface area contributed by atoms with Crippen molar-refractivity contribution in [2.24, 2.45) is 0 Å². The number of hydrogen-bond acceptors (Lipinski definition) is 9. The third kappa shape index (κ3) is 4.18. The normalized spacial score (nSPS) is 13.3. The SMILES string of the molecule is COc1cc(C)nc(OC)c1SNc1noc2cc(Cn3cccn3)c3c(c12)OCCCC3. The summed E-state index contributed by atoms with van der Waals surface area (Å²) in [6, 6.07) is 5.83. The summed E-state index contributed by atoms with van der Waals surface area (Å²) in [6.07, 6.45) is 6.74. The van der Waals surface area contributed by atoms with E-state index in [2.05, 4.69) is 20.0 Å². The molecule has 0 fully saturated rings. The van der Waals surface area contributed by atoms with Gasteiger partial charge in [-0.25, -0.2) is 4.98 Å². The fraction of sp³-hybridized carbons (Fsp3) is 0.348. The molecule has 0 saturated heterocycles. The van der Waals surface area contributed by atoms with Crippen LogP contribution in [0.5, 0.6) is 17.4 Å². The molecule has 0 saturated carbocycles. The van der Waals surface area contributed by atoms with Gasteiger partial charge in [-0.15, -0.1) is 0 Å². The fourth-order valence-electron chi connectivity index (χ4n) is 4.04. The lowest BCUT2D eigenvalue weighted by molar-refractivity contribution is 0.320. The van der Waals surface area contributed by atoms with Gasteiger partial charge >= 0.3 is 0 Å². The van der Waals surface area contributed by atoms with Gasteiger partial charge in [0.25, 0.3) is 0 Å². The summed E-state index contributed by atoms with van der Waals surface area (Å²) in [7, 11) is 3.21. The topological polar surface area (TPSA) is 96.5 Å². The Kier molecular flexibility index (Phi) is 5.99. The summed E-state index contributed by atoms with van der Waals surface area (Å²) in [4.78, 5) is 5.18. The van der Waals surface area contributed by atoms with Gasteiger partial charge in [0.15, 0.2) is 11.4 Å². The number of anilines is 1. The maximum Gasteiger partial charge on any atom is 0.233 e. The number of benzene rings is 1. The third-order valence-electron chi connectivity index (χ3n) is 5.57. The van der Waals surface area contributed by atoms with Gasteiger partial charge in [-0.05, 0) is 55.8 Å². The Hall–Kier alpha value is -3.40. The van der Waals surface area contributed by atoms with E-state index < -0.39 is 0 Å². The highest BCUT2D eigenvalue weighted by molar-refractivity contribution is 8.00. The lowest BCUT2D eigenvalue weighted by atomic mass is 9.99. The molecule has 1 aromatic carbocycles. The molecule has 1 aliphatic rings. The summed E-state index contributed by atoms with van der Waals surface area (Å²) in [5.41, 5.74) is 3.79. The predicted octanol–water partition coefficient (Wildman–Crippen LogP) is 4.63. The van der Waals surface area contributed by atoms with Crippen molar-refractivity contribution in [3.8, 4) is 17.4 Å². The molecule has 0 aliphatic carbocycles. The van der Waals surface area contributed by atoms with Crippen LogP contribution in [-0.4, -0.2) is 40.7 Å². The number of aromatic nitrogens is 4. The average Bonchev–Trinajstić information content (AvgIpc) is 3.41. The quantitative estimate of drug-likeness (QED) is 0.390. The Morgan fingerprint density at radius 2 is 2.12 bits per heavy atom. The van der Waals surface area contributed by atoms with Gasteiger partial charge in [0, 0.05) is 29.7 Å². The Balaban J connectivity index is 1.53. The van der Waals surface area contributed by atoms with Crippen LogP contribution >= 0.6 is 11.9 Å². The Morgan fingerprint density at radius 3 is 2.91 bits per heavy atom. The molecule has 5 rings (SSSR count). The van der Waals surface area contributed by atoms with Crippen molar-refractivity contribution in [1.82, 2.24) is 19.9 Å². The van der Waals surface area contributed by atoms with E-state index in [0.29, 0.717) is 36.2 Å². The van der Waals surface area contributed by atoms with Crippen molar-refractivity contribution in [1.29, 1.82) is 0 Å². The number of rotatable bonds is 7. The highest BCUT2D eigenvalue weighted by atomic mass is 32.2. The summed E-state index contributed by atoms with van der Waals surface area (Å²) < 4.78 is 28.2. The van der Waals surface area contributed by atoms with E-state index >= 15 is 0 Å². The minimum absolute atomic E-state index is 0.480. The van der Waals surface area contributed by atoms with Gasteiger partial charge in [-0.2, -0.15) is 5.10 Å². The largest absolute Gasteiger partial charge is 0.495 e. The molecule has 33 heavy (non-hydrogen) atoms. The maximum absolute atomic E-state index is 6.24. The maximum atomic E-state index is 6.24. The van der Waals surface area contributed by atoms with Gasteiger partial charge in [0.2, 0.25) is 5.88 Å². The molecule has 172 valence electrons. The monoisotopic (exact) mass is 467 g/mol. The highest BCUT2D eigenvalue weighted by Gasteiger charge is 2.24. The van der Waals surface area contributed by atoms with Crippen molar-refractivity contribution >= 4 is 28.7 Å². The van der Waals surface area contributed by atoms with E-state index in [0.717, 1.165) is 46.6 Å². The van der Waals surface area contributed by atoms with Crippen LogP contribution in [0.15, 0.2) is 40.0 Å². The van der Waals surface area contributed by atoms with Crippen LogP contribution in [0, 0.1) is 6.92 Å². The molecule has 0 radical (unpaired) electrons. The first-order valence-electron chi connectivity index (χ1n) is 10.7. The Morgan fingerprint density at radius 1 is 1.21 bits per heavy atom. The van der Waals surface area contributed by atoms with Crippen LogP contribution in [0.1, 0.15) is 29.7 Å². The molecule has 4 heterocycles. The molecule has 0 amide bonds. The number of ether oxygens (including phenoxy) is 3. The number of pyridine rings is 1. The van der Waals surface area contributed by atoms with E-state index in [1.165, 1.54) is 17.5 Å². The van der Waals surface area contributed by atoms with Crippen LogP contribution in [0.2, 0.25) is 0 Å². The van der Waals surface area contributed by atoms with Crippen molar-refractivity contribution in [3.05, 3.63) is 47.4 Å².